The number of alkyl halides is 3. The topological polar surface area (TPSA) is 9.23 Å². The van der Waals surface area contributed by atoms with Gasteiger partial charge < -0.3 is 4.74 Å². The standard InChI is InChI=1S/C25H16F4O/c1-17-3-6-19(7-4-17)11-13-22-14-12-21(16-24(22)30-25(27,28)29)10-9-20-8-5-18(2)23(26)15-20/h3-8,12,14-16H,1-2H3. The Hall–Kier alpha value is -3.70. The highest BCUT2D eigenvalue weighted by Gasteiger charge is 2.32. The van der Waals surface area contributed by atoms with E-state index in [0.29, 0.717) is 16.7 Å². The third kappa shape index (κ3) is 5.90. The summed E-state index contributed by atoms with van der Waals surface area (Å²) in [5, 5.41) is 0. The first-order valence-electron chi connectivity index (χ1n) is 8.96. The second-order valence-corrected chi connectivity index (χ2v) is 6.59. The van der Waals surface area contributed by atoms with Crippen LogP contribution in [0.2, 0.25) is 0 Å². The molecule has 0 heterocycles. The lowest BCUT2D eigenvalue weighted by Gasteiger charge is -2.11. The van der Waals surface area contributed by atoms with E-state index < -0.39 is 17.9 Å². The average molecular weight is 408 g/mol. The fraction of sp³-hybridized carbons (Fsp3) is 0.120. The molecule has 0 spiro atoms. The van der Waals surface area contributed by atoms with Crippen LogP contribution in [-0.4, -0.2) is 6.36 Å². The monoisotopic (exact) mass is 408 g/mol. The van der Waals surface area contributed by atoms with E-state index in [1.54, 1.807) is 37.3 Å². The minimum absolute atomic E-state index is 0.0832. The van der Waals surface area contributed by atoms with Gasteiger partial charge in [-0.15, -0.1) is 13.2 Å². The van der Waals surface area contributed by atoms with E-state index in [1.165, 1.54) is 18.2 Å². The predicted molar refractivity (Wildman–Crippen MR) is 107 cm³/mol. The number of aryl methyl sites for hydroxylation is 2. The molecule has 0 bridgehead atoms. The Labute approximate surface area is 172 Å². The van der Waals surface area contributed by atoms with Gasteiger partial charge in [-0.25, -0.2) is 4.39 Å². The van der Waals surface area contributed by atoms with E-state index in [4.69, 9.17) is 0 Å². The molecule has 3 aromatic carbocycles. The molecule has 0 saturated carbocycles. The van der Waals surface area contributed by atoms with Crippen LogP contribution < -0.4 is 4.74 Å². The van der Waals surface area contributed by atoms with Crippen molar-refractivity contribution in [2.45, 2.75) is 20.2 Å². The van der Waals surface area contributed by atoms with Crippen LogP contribution in [0.5, 0.6) is 5.75 Å². The third-order valence-electron chi connectivity index (χ3n) is 4.12. The maximum Gasteiger partial charge on any atom is 0.573 e. The fourth-order valence-corrected chi connectivity index (χ4v) is 2.50. The Morgan fingerprint density at radius 2 is 1.27 bits per heavy atom. The first kappa shape index (κ1) is 21.0. The van der Waals surface area contributed by atoms with Gasteiger partial charge in [0.05, 0.1) is 5.56 Å². The van der Waals surface area contributed by atoms with Gasteiger partial charge in [-0.1, -0.05) is 47.4 Å². The number of benzene rings is 3. The largest absolute Gasteiger partial charge is 0.573 e. The van der Waals surface area contributed by atoms with Crippen LogP contribution in [0, 0.1) is 43.3 Å². The van der Waals surface area contributed by atoms with Gasteiger partial charge in [0.15, 0.2) is 0 Å². The number of rotatable bonds is 1. The zero-order valence-electron chi connectivity index (χ0n) is 16.2. The molecule has 0 amide bonds. The van der Waals surface area contributed by atoms with Gasteiger partial charge in [0, 0.05) is 16.7 Å². The van der Waals surface area contributed by atoms with Crippen LogP contribution in [0.4, 0.5) is 17.6 Å². The van der Waals surface area contributed by atoms with E-state index in [9.17, 15) is 17.6 Å². The smallest absolute Gasteiger partial charge is 0.404 e. The maximum absolute atomic E-state index is 13.6. The van der Waals surface area contributed by atoms with Crippen molar-refractivity contribution in [1.82, 2.24) is 0 Å². The molecule has 3 aromatic rings. The van der Waals surface area contributed by atoms with Gasteiger partial charge in [0.25, 0.3) is 0 Å². The Kier molecular flexibility index (Phi) is 6.14. The molecular weight excluding hydrogens is 392 g/mol. The van der Waals surface area contributed by atoms with E-state index in [2.05, 4.69) is 28.4 Å². The van der Waals surface area contributed by atoms with Gasteiger partial charge in [-0.05, 0) is 61.9 Å². The number of hydrogen-bond acceptors (Lipinski definition) is 1. The molecule has 0 aromatic heterocycles. The van der Waals surface area contributed by atoms with Crippen molar-refractivity contribution < 1.29 is 22.3 Å². The van der Waals surface area contributed by atoms with Crippen LogP contribution in [0.15, 0.2) is 60.7 Å². The average Bonchev–Trinajstić information content (AvgIpc) is 2.68. The van der Waals surface area contributed by atoms with Gasteiger partial charge in [0.2, 0.25) is 0 Å². The van der Waals surface area contributed by atoms with Crippen molar-refractivity contribution in [3.8, 4) is 29.4 Å². The highest BCUT2D eigenvalue weighted by atomic mass is 19.4. The van der Waals surface area contributed by atoms with E-state index in [-0.39, 0.29) is 11.1 Å². The highest BCUT2D eigenvalue weighted by molar-refractivity contribution is 5.55. The first-order chi connectivity index (χ1) is 14.2. The van der Waals surface area contributed by atoms with E-state index in [1.807, 2.05) is 19.1 Å². The van der Waals surface area contributed by atoms with Crippen LogP contribution >= 0.6 is 0 Å². The zero-order valence-corrected chi connectivity index (χ0v) is 16.2. The molecule has 150 valence electrons. The summed E-state index contributed by atoms with van der Waals surface area (Å²) in [7, 11) is 0. The van der Waals surface area contributed by atoms with Crippen molar-refractivity contribution in [1.29, 1.82) is 0 Å². The Bertz CT molecular complexity index is 1180. The molecule has 0 aliphatic carbocycles. The summed E-state index contributed by atoms with van der Waals surface area (Å²) in [5.74, 6) is 10.2. The first-order valence-corrected chi connectivity index (χ1v) is 8.96. The zero-order chi connectivity index (χ0) is 21.7. The SMILES string of the molecule is Cc1ccc(C#Cc2ccc(C#Cc3ccc(C)c(F)c3)cc2OC(F)(F)F)cc1. The van der Waals surface area contributed by atoms with Crippen molar-refractivity contribution in [3.63, 3.8) is 0 Å². The molecule has 0 aliphatic heterocycles. The maximum atomic E-state index is 13.6. The second-order valence-electron chi connectivity index (χ2n) is 6.59. The molecule has 30 heavy (non-hydrogen) atoms. The molecule has 5 heteroatoms. The summed E-state index contributed by atoms with van der Waals surface area (Å²) >= 11 is 0. The minimum Gasteiger partial charge on any atom is -0.404 e. The number of hydrogen-bond donors (Lipinski definition) is 0. The lowest BCUT2D eigenvalue weighted by atomic mass is 10.1. The predicted octanol–water partition coefficient (Wildman–Crippen LogP) is 6.14. The molecule has 0 saturated heterocycles. The van der Waals surface area contributed by atoms with E-state index in [0.717, 1.165) is 5.56 Å². The summed E-state index contributed by atoms with van der Waals surface area (Å²) in [4.78, 5) is 0. The Morgan fingerprint density at radius 3 is 1.90 bits per heavy atom. The second kappa shape index (κ2) is 8.76. The third-order valence-corrected chi connectivity index (χ3v) is 4.12. The van der Waals surface area contributed by atoms with Crippen molar-refractivity contribution in [3.05, 3.63) is 99.9 Å². The Balaban J connectivity index is 1.94. The molecule has 0 aliphatic rings. The fourth-order valence-electron chi connectivity index (χ4n) is 2.50. The van der Waals surface area contributed by atoms with Crippen LogP contribution in [-0.2, 0) is 0 Å². The molecule has 0 fully saturated rings. The summed E-state index contributed by atoms with van der Waals surface area (Å²) in [6.07, 6.45) is -4.87. The lowest BCUT2D eigenvalue weighted by Crippen LogP contribution is -2.18. The molecular formula is C25H16F4O. The lowest BCUT2D eigenvalue weighted by molar-refractivity contribution is -0.274. The summed E-state index contributed by atoms with van der Waals surface area (Å²) < 4.78 is 56.3. The van der Waals surface area contributed by atoms with Crippen molar-refractivity contribution in [2.24, 2.45) is 0 Å². The summed E-state index contributed by atoms with van der Waals surface area (Å²) in [6, 6.07) is 15.9. The summed E-state index contributed by atoms with van der Waals surface area (Å²) in [6.45, 7) is 3.56. The number of halogens is 4. The van der Waals surface area contributed by atoms with Gasteiger partial charge in [0.1, 0.15) is 11.6 Å². The molecule has 0 unspecified atom stereocenters. The summed E-state index contributed by atoms with van der Waals surface area (Å²) in [5.41, 5.74) is 3.00. The van der Waals surface area contributed by atoms with Gasteiger partial charge >= 0.3 is 6.36 Å². The Morgan fingerprint density at radius 1 is 0.700 bits per heavy atom. The molecule has 3 rings (SSSR count). The molecule has 0 atom stereocenters. The molecule has 1 nitrogen and oxygen atoms in total. The van der Waals surface area contributed by atoms with Gasteiger partial charge in [-0.2, -0.15) is 0 Å². The van der Waals surface area contributed by atoms with Gasteiger partial charge in [-0.3, -0.25) is 0 Å². The number of ether oxygens (including phenoxy) is 1. The van der Waals surface area contributed by atoms with Crippen LogP contribution in [0.3, 0.4) is 0 Å². The quantitative estimate of drug-likeness (QED) is 0.347. The van der Waals surface area contributed by atoms with Crippen LogP contribution in [0.1, 0.15) is 33.4 Å². The minimum atomic E-state index is -4.87. The normalized spacial score (nSPS) is 10.5. The van der Waals surface area contributed by atoms with E-state index >= 15 is 0 Å². The molecule has 0 N–H and O–H groups in total. The van der Waals surface area contributed by atoms with Crippen molar-refractivity contribution in [2.75, 3.05) is 0 Å². The highest BCUT2D eigenvalue weighted by Crippen LogP contribution is 2.27. The van der Waals surface area contributed by atoms with Crippen molar-refractivity contribution >= 4 is 0 Å². The van der Waals surface area contributed by atoms with Crippen LogP contribution in [0.25, 0.3) is 0 Å². The molecule has 0 radical (unpaired) electrons.